The summed E-state index contributed by atoms with van der Waals surface area (Å²) < 4.78 is 51.3. The molecule has 2 heterocycles. The van der Waals surface area contributed by atoms with Gasteiger partial charge < -0.3 is 10.7 Å². The van der Waals surface area contributed by atoms with Crippen LogP contribution in [0.2, 0.25) is 0 Å². The number of nitrogens with zero attached hydrogens (tertiary/aromatic N) is 1. The van der Waals surface area contributed by atoms with E-state index in [-0.39, 0.29) is 11.7 Å². The summed E-state index contributed by atoms with van der Waals surface area (Å²) in [6.45, 7) is 2.90. The van der Waals surface area contributed by atoms with Crippen LogP contribution >= 0.6 is 0 Å². The highest BCUT2D eigenvalue weighted by Crippen LogP contribution is 2.37. The van der Waals surface area contributed by atoms with E-state index in [1.807, 2.05) is 36.5 Å². The molecule has 0 bridgehead atoms. The van der Waals surface area contributed by atoms with Crippen LogP contribution < -0.4 is 10.5 Å². The summed E-state index contributed by atoms with van der Waals surface area (Å²) in [5.74, 6) is -0.279. The Morgan fingerprint density at radius 3 is 2.47 bits per heavy atom. The average molecular weight is 533 g/mol. The minimum absolute atomic E-state index is 0.0967. The van der Waals surface area contributed by atoms with Gasteiger partial charge in [-0.1, -0.05) is 24.3 Å². The van der Waals surface area contributed by atoms with Gasteiger partial charge in [0.2, 0.25) is 20.0 Å². The van der Waals surface area contributed by atoms with Crippen molar-refractivity contribution >= 4 is 36.9 Å². The lowest BCUT2D eigenvalue weighted by Gasteiger charge is -2.31. The van der Waals surface area contributed by atoms with Crippen LogP contribution in [0.15, 0.2) is 42.6 Å². The second kappa shape index (κ2) is 10.3. The highest BCUT2D eigenvalue weighted by Gasteiger charge is 2.29. The van der Waals surface area contributed by atoms with Crippen molar-refractivity contribution in [3.05, 3.63) is 59.3 Å². The van der Waals surface area contributed by atoms with Crippen LogP contribution in [0.1, 0.15) is 47.2 Å². The van der Waals surface area contributed by atoms with Gasteiger partial charge in [0, 0.05) is 31.2 Å². The monoisotopic (exact) mass is 532 g/mol. The molecule has 0 aliphatic carbocycles. The zero-order valence-electron chi connectivity index (χ0n) is 20.5. The molecule has 194 valence electrons. The smallest absolute Gasteiger partial charge is 0.250 e. The number of rotatable bonds is 9. The van der Waals surface area contributed by atoms with Crippen LogP contribution in [0.25, 0.3) is 22.0 Å². The third kappa shape index (κ3) is 5.80. The molecule has 1 aliphatic heterocycles. The number of aromatic amines is 1. The van der Waals surface area contributed by atoms with Crippen LogP contribution in [0.4, 0.5) is 0 Å². The van der Waals surface area contributed by atoms with E-state index >= 15 is 0 Å². The minimum atomic E-state index is -3.26. The van der Waals surface area contributed by atoms with Crippen LogP contribution in [0.5, 0.6) is 0 Å². The zero-order chi connectivity index (χ0) is 26.1. The molecule has 4 rings (SSSR count). The summed E-state index contributed by atoms with van der Waals surface area (Å²) in [4.78, 5) is 15.6. The van der Waals surface area contributed by atoms with Crippen molar-refractivity contribution in [1.82, 2.24) is 14.0 Å². The van der Waals surface area contributed by atoms with Crippen molar-refractivity contribution < 1.29 is 21.6 Å². The van der Waals surface area contributed by atoms with Gasteiger partial charge in [-0.2, -0.15) is 0 Å². The van der Waals surface area contributed by atoms with Gasteiger partial charge >= 0.3 is 0 Å². The Labute approximate surface area is 212 Å². The molecule has 9 nitrogen and oxygen atoms in total. The minimum Gasteiger partial charge on any atom is -0.366 e. The van der Waals surface area contributed by atoms with Crippen LogP contribution in [0, 0.1) is 0 Å². The van der Waals surface area contributed by atoms with E-state index in [2.05, 4.69) is 9.71 Å². The molecule has 0 atom stereocenters. The third-order valence-electron chi connectivity index (χ3n) is 6.78. The molecule has 1 aliphatic rings. The van der Waals surface area contributed by atoms with Crippen molar-refractivity contribution in [2.24, 2.45) is 5.73 Å². The van der Waals surface area contributed by atoms with Gasteiger partial charge in [0.1, 0.15) is 0 Å². The van der Waals surface area contributed by atoms with E-state index in [9.17, 15) is 21.6 Å². The number of benzene rings is 2. The van der Waals surface area contributed by atoms with Crippen LogP contribution in [-0.2, 0) is 26.5 Å². The summed E-state index contributed by atoms with van der Waals surface area (Å²) in [5.41, 5.74) is 10.5. The van der Waals surface area contributed by atoms with Gasteiger partial charge in [-0.25, -0.2) is 25.9 Å². The largest absolute Gasteiger partial charge is 0.366 e. The molecule has 0 saturated carbocycles. The van der Waals surface area contributed by atoms with Crippen LogP contribution in [0.3, 0.4) is 0 Å². The molecule has 11 heteroatoms. The maximum Gasteiger partial charge on any atom is 0.250 e. The summed E-state index contributed by atoms with van der Waals surface area (Å²) in [5, 5.41) is 0.905. The van der Waals surface area contributed by atoms with Crippen molar-refractivity contribution in [3.63, 3.8) is 0 Å². The van der Waals surface area contributed by atoms with E-state index in [1.165, 1.54) is 0 Å². The zero-order valence-corrected chi connectivity index (χ0v) is 22.1. The number of sulfonamides is 2. The lowest BCUT2D eigenvalue weighted by molar-refractivity contribution is 0.100. The average Bonchev–Trinajstić information content (AvgIpc) is 3.27. The molecule has 0 unspecified atom stereocenters. The number of hydrogen-bond acceptors (Lipinski definition) is 5. The fourth-order valence-corrected chi connectivity index (χ4v) is 6.47. The second-order valence-electron chi connectivity index (χ2n) is 9.25. The lowest BCUT2D eigenvalue weighted by atomic mass is 9.88. The number of fused-ring (bicyclic) bond motifs is 1. The van der Waals surface area contributed by atoms with Crippen molar-refractivity contribution in [3.8, 4) is 11.1 Å². The Hall–Kier alpha value is -2.73. The lowest BCUT2D eigenvalue weighted by Crippen LogP contribution is -2.38. The number of primary amides is 1. The van der Waals surface area contributed by atoms with Gasteiger partial charge in [-0.15, -0.1) is 0 Å². The number of carbonyl (C=O) groups excluding carboxylic acids is 1. The number of carbonyl (C=O) groups is 1. The second-order valence-corrected chi connectivity index (χ2v) is 13.3. The maximum absolute atomic E-state index is 12.3. The van der Waals surface area contributed by atoms with E-state index in [0.29, 0.717) is 50.0 Å². The van der Waals surface area contributed by atoms with Gasteiger partial charge in [0.25, 0.3) is 5.91 Å². The third-order valence-corrected chi connectivity index (χ3v) is 9.39. The molecule has 0 spiro atoms. The Morgan fingerprint density at radius 1 is 1.11 bits per heavy atom. The first-order valence-corrected chi connectivity index (χ1v) is 15.4. The van der Waals surface area contributed by atoms with E-state index < -0.39 is 26.0 Å². The summed E-state index contributed by atoms with van der Waals surface area (Å²) >= 11 is 0. The Balaban J connectivity index is 1.66. The molecule has 2 aromatic carbocycles. The maximum atomic E-state index is 12.3. The topological polar surface area (TPSA) is 142 Å². The van der Waals surface area contributed by atoms with Crippen molar-refractivity contribution in [2.45, 2.75) is 32.1 Å². The number of aromatic nitrogens is 1. The van der Waals surface area contributed by atoms with Gasteiger partial charge in [-0.05, 0) is 66.5 Å². The first-order valence-electron chi connectivity index (χ1n) is 11.9. The van der Waals surface area contributed by atoms with Gasteiger partial charge in [0.05, 0.1) is 23.1 Å². The standard InChI is InChI=1S/C25H32N4O5S2/c1-3-36(33,34)29-11-8-18(9-12-29)23-16-27-24-21(23)14-20(15-22(24)25(26)30)19-6-4-5-17(13-19)7-10-28-35(2,31)32/h4-6,13-16,18,27-28H,3,7-12H2,1-2H3,(H2,26,30). The summed E-state index contributed by atoms with van der Waals surface area (Å²) in [6.07, 6.45) is 4.96. The first kappa shape index (κ1) is 26.3. The summed E-state index contributed by atoms with van der Waals surface area (Å²) in [7, 11) is -6.47. The van der Waals surface area contributed by atoms with Crippen molar-refractivity contribution in [2.75, 3.05) is 31.6 Å². The summed E-state index contributed by atoms with van der Waals surface area (Å²) in [6, 6.07) is 11.6. The van der Waals surface area contributed by atoms with E-state index in [1.54, 1.807) is 17.3 Å². The van der Waals surface area contributed by atoms with Gasteiger partial charge in [0.15, 0.2) is 0 Å². The number of hydrogen-bond donors (Lipinski definition) is 3. The Bertz CT molecular complexity index is 1490. The number of H-pyrrole nitrogens is 1. The molecule has 1 saturated heterocycles. The first-order chi connectivity index (χ1) is 17.0. The molecule has 1 amide bonds. The molecule has 36 heavy (non-hydrogen) atoms. The normalized spacial score (nSPS) is 15.9. The highest BCUT2D eigenvalue weighted by molar-refractivity contribution is 7.89. The molecule has 4 N–H and O–H groups in total. The fourth-order valence-electron chi connectivity index (χ4n) is 4.87. The number of nitrogens with one attached hydrogen (secondary N) is 2. The van der Waals surface area contributed by atoms with Crippen molar-refractivity contribution in [1.29, 1.82) is 0 Å². The van der Waals surface area contributed by atoms with Gasteiger partial charge in [-0.3, -0.25) is 4.79 Å². The number of amides is 1. The Kier molecular flexibility index (Phi) is 7.56. The van der Waals surface area contributed by atoms with Crippen LogP contribution in [-0.4, -0.2) is 63.7 Å². The molecule has 1 fully saturated rings. The van der Waals surface area contributed by atoms with E-state index in [0.717, 1.165) is 33.9 Å². The molecule has 3 aromatic rings. The number of nitrogens with two attached hydrogens (primary N) is 1. The quantitative estimate of drug-likeness (QED) is 0.388. The SMILES string of the molecule is CCS(=O)(=O)N1CCC(c2c[nH]c3c(C(N)=O)cc(-c4cccc(CCNS(C)(=O)=O)c4)cc23)CC1. The fraction of sp³-hybridized carbons (Fsp3) is 0.400. The molecule has 1 aromatic heterocycles. The molecular weight excluding hydrogens is 500 g/mol. The molecular formula is C25H32N4O5S2. The molecule has 0 radical (unpaired) electrons. The predicted molar refractivity (Wildman–Crippen MR) is 142 cm³/mol. The number of piperidine rings is 1. The van der Waals surface area contributed by atoms with E-state index in [4.69, 9.17) is 5.73 Å². The Morgan fingerprint density at radius 2 is 1.83 bits per heavy atom. The predicted octanol–water partition coefficient (Wildman–Crippen LogP) is 2.55. The highest BCUT2D eigenvalue weighted by atomic mass is 32.2.